The molecule has 7 heteroatoms. The smallest absolute Gasteiger partial charge is 0.241 e. The average Bonchev–Trinajstić information content (AvgIpc) is 2.94. The fourth-order valence-corrected chi connectivity index (χ4v) is 1.78. The zero-order valence-electron chi connectivity index (χ0n) is 11.5. The Balaban J connectivity index is 1.89. The molecule has 0 atom stereocenters. The van der Waals surface area contributed by atoms with Crippen molar-refractivity contribution in [2.75, 3.05) is 29.9 Å². The summed E-state index contributed by atoms with van der Waals surface area (Å²) in [5.74, 6) is 1.05. The maximum absolute atomic E-state index is 5.84. The molecule has 0 fully saturated rings. The molecule has 0 aliphatic heterocycles. The first kappa shape index (κ1) is 14.0. The van der Waals surface area contributed by atoms with Crippen LogP contribution >= 0.6 is 0 Å². The molecule has 2 heterocycles. The highest BCUT2D eigenvalue weighted by atomic mass is 16.5. The molecule has 0 aliphatic carbocycles. The molecule has 0 radical (unpaired) electrons. The summed E-state index contributed by atoms with van der Waals surface area (Å²) < 4.78 is 7.38. The van der Waals surface area contributed by atoms with Crippen LogP contribution in [0.1, 0.15) is 13.3 Å². The van der Waals surface area contributed by atoms with Crippen molar-refractivity contribution >= 4 is 17.2 Å². The normalized spacial score (nSPS) is 10.4. The summed E-state index contributed by atoms with van der Waals surface area (Å²) in [7, 11) is 0. The number of nitrogens with one attached hydrogen (secondary N) is 1. The van der Waals surface area contributed by atoms with Crippen LogP contribution in [0.5, 0.6) is 5.88 Å². The molecule has 5 N–H and O–H groups in total. The van der Waals surface area contributed by atoms with Crippen LogP contribution in [-0.2, 0) is 6.54 Å². The molecule has 0 unspecified atom stereocenters. The minimum Gasteiger partial charge on any atom is -0.476 e. The number of hydrogen-bond acceptors (Lipinski definition) is 6. The first-order valence-corrected chi connectivity index (χ1v) is 6.59. The van der Waals surface area contributed by atoms with E-state index in [2.05, 4.69) is 15.3 Å². The Labute approximate surface area is 118 Å². The summed E-state index contributed by atoms with van der Waals surface area (Å²) in [5, 5.41) is 3.21. The van der Waals surface area contributed by atoms with Gasteiger partial charge in [-0.05, 0) is 13.3 Å². The molecular weight excluding hydrogens is 256 g/mol. The molecule has 0 aromatic carbocycles. The van der Waals surface area contributed by atoms with Gasteiger partial charge in [0.05, 0.1) is 18.6 Å². The Morgan fingerprint density at radius 3 is 2.95 bits per heavy atom. The lowest BCUT2D eigenvalue weighted by Gasteiger charge is -2.12. The van der Waals surface area contributed by atoms with Crippen LogP contribution in [0.2, 0.25) is 0 Å². The second-order valence-corrected chi connectivity index (χ2v) is 4.33. The van der Waals surface area contributed by atoms with Crippen molar-refractivity contribution in [3.05, 3.63) is 24.8 Å². The molecule has 0 aliphatic rings. The van der Waals surface area contributed by atoms with E-state index in [1.165, 1.54) is 0 Å². The van der Waals surface area contributed by atoms with Gasteiger partial charge in [-0.1, -0.05) is 0 Å². The lowest BCUT2D eigenvalue weighted by Crippen LogP contribution is -2.10. The second kappa shape index (κ2) is 6.65. The van der Waals surface area contributed by atoms with Gasteiger partial charge in [0.25, 0.3) is 0 Å². The van der Waals surface area contributed by atoms with Crippen LogP contribution < -0.4 is 21.5 Å². The monoisotopic (exact) mass is 276 g/mol. The number of aryl methyl sites for hydroxylation is 1. The first-order chi connectivity index (χ1) is 9.70. The Bertz CT molecular complexity index is 540. The van der Waals surface area contributed by atoms with E-state index in [9.17, 15) is 0 Å². The van der Waals surface area contributed by atoms with E-state index in [1.807, 2.05) is 17.7 Å². The number of aromatic nitrogens is 3. The quantitative estimate of drug-likeness (QED) is 0.659. The Kier molecular flexibility index (Phi) is 4.65. The minimum atomic E-state index is 0.379. The van der Waals surface area contributed by atoms with Gasteiger partial charge in [0.2, 0.25) is 5.88 Å². The van der Waals surface area contributed by atoms with Gasteiger partial charge in [0.15, 0.2) is 0 Å². The van der Waals surface area contributed by atoms with Crippen molar-refractivity contribution < 1.29 is 4.74 Å². The van der Waals surface area contributed by atoms with Gasteiger partial charge >= 0.3 is 0 Å². The van der Waals surface area contributed by atoms with Gasteiger partial charge in [0, 0.05) is 31.5 Å². The predicted molar refractivity (Wildman–Crippen MR) is 79.6 cm³/mol. The number of imidazole rings is 1. The molecule has 2 aromatic rings. The summed E-state index contributed by atoms with van der Waals surface area (Å²) >= 11 is 0. The Hall–Kier alpha value is -2.44. The third-order valence-corrected chi connectivity index (χ3v) is 2.80. The van der Waals surface area contributed by atoms with E-state index in [0.29, 0.717) is 29.7 Å². The van der Waals surface area contributed by atoms with Crippen LogP contribution in [0.3, 0.4) is 0 Å². The summed E-state index contributed by atoms with van der Waals surface area (Å²) in [6.45, 7) is 4.05. The van der Waals surface area contributed by atoms with Gasteiger partial charge in [-0.2, -0.15) is 4.98 Å². The zero-order chi connectivity index (χ0) is 14.4. The molecule has 0 saturated carbocycles. The van der Waals surface area contributed by atoms with Gasteiger partial charge in [-0.3, -0.25) is 0 Å². The number of nitrogen functional groups attached to an aromatic ring is 2. The molecule has 0 saturated heterocycles. The van der Waals surface area contributed by atoms with Crippen LogP contribution in [0.25, 0.3) is 0 Å². The molecule has 2 rings (SSSR count). The first-order valence-electron chi connectivity index (χ1n) is 6.59. The number of hydrogen-bond donors (Lipinski definition) is 3. The third-order valence-electron chi connectivity index (χ3n) is 2.80. The van der Waals surface area contributed by atoms with E-state index in [0.717, 1.165) is 19.5 Å². The Morgan fingerprint density at radius 2 is 2.25 bits per heavy atom. The lowest BCUT2D eigenvalue weighted by molar-refractivity contribution is 0.329. The molecule has 0 amide bonds. The lowest BCUT2D eigenvalue weighted by atomic mass is 10.3. The van der Waals surface area contributed by atoms with Crippen LogP contribution in [0, 0.1) is 0 Å². The maximum atomic E-state index is 5.84. The maximum Gasteiger partial charge on any atom is 0.241 e. The van der Waals surface area contributed by atoms with Crippen molar-refractivity contribution in [3.8, 4) is 5.88 Å². The standard InChI is InChI=1S/C13H20N6O/c1-2-20-13-12(15)10(14)8-11(18-13)17-4-3-6-19-7-5-16-9-19/h5,7-9H,2-4,6,15H2,1H3,(H3,14,17,18). The highest BCUT2D eigenvalue weighted by Crippen LogP contribution is 2.28. The van der Waals surface area contributed by atoms with Gasteiger partial charge in [-0.15, -0.1) is 0 Å². The Morgan fingerprint density at radius 1 is 1.40 bits per heavy atom. The van der Waals surface area contributed by atoms with E-state index >= 15 is 0 Å². The number of ether oxygens (including phenoxy) is 1. The van der Waals surface area contributed by atoms with E-state index < -0.39 is 0 Å². The van der Waals surface area contributed by atoms with Crippen LogP contribution in [-0.4, -0.2) is 27.7 Å². The van der Waals surface area contributed by atoms with E-state index in [4.69, 9.17) is 16.2 Å². The van der Waals surface area contributed by atoms with E-state index in [-0.39, 0.29) is 0 Å². The number of pyridine rings is 1. The SMILES string of the molecule is CCOc1nc(NCCCn2ccnc2)cc(N)c1N. The van der Waals surface area contributed by atoms with Crippen molar-refractivity contribution in [1.82, 2.24) is 14.5 Å². The fraction of sp³-hybridized carbons (Fsp3) is 0.385. The highest BCUT2D eigenvalue weighted by Gasteiger charge is 2.08. The summed E-state index contributed by atoms with van der Waals surface area (Å²) in [5.41, 5.74) is 12.5. The number of nitrogens with zero attached hydrogens (tertiary/aromatic N) is 3. The molecule has 20 heavy (non-hydrogen) atoms. The molecule has 108 valence electrons. The number of anilines is 3. The second-order valence-electron chi connectivity index (χ2n) is 4.33. The molecule has 0 spiro atoms. The van der Waals surface area contributed by atoms with Crippen LogP contribution in [0.15, 0.2) is 24.8 Å². The number of nitrogens with two attached hydrogens (primary N) is 2. The number of rotatable bonds is 7. The highest BCUT2D eigenvalue weighted by molar-refractivity contribution is 5.72. The summed E-state index contributed by atoms with van der Waals surface area (Å²) in [4.78, 5) is 8.30. The largest absolute Gasteiger partial charge is 0.476 e. The topological polar surface area (TPSA) is 104 Å². The average molecular weight is 276 g/mol. The van der Waals surface area contributed by atoms with E-state index in [1.54, 1.807) is 18.6 Å². The fourth-order valence-electron chi connectivity index (χ4n) is 1.78. The third kappa shape index (κ3) is 3.53. The summed E-state index contributed by atoms with van der Waals surface area (Å²) in [6, 6.07) is 1.72. The molecule has 7 nitrogen and oxygen atoms in total. The summed E-state index contributed by atoms with van der Waals surface area (Å²) in [6.07, 6.45) is 6.45. The van der Waals surface area contributed by atoms with Gasteiger partial charge < -0.3 is 26.1 Å². The van der Waals surface area contributed by atoms with Crippen molar-refractivity contribution in [2.45, 2.75) is 19.9 Å². The minimum absolute atomic E-state index is 0.379. The van der Waals surface area contributed by atoms with Crippen molar-refractivity contribution in [2.24, 2.45) is 0 Å². The molecule has 2 aromatic heterocycles. The zero-order valence-corrected chi connectivity index (χ0v) is 11.5. The molecular formula is C13H20N6O. The molecule has 0 bridgehead atoms. The van der Waals surface area contributed by atoms with Crippen molar-refractivity contribution in [1.29, 1.82) is 0 Å². The van der Waals surface area contributed by atoms with Gasteiger partial charge in [0.1, 0.15) is 11.5 Å². The van der Waals surface area contributed by atoms with Gasteiger partial charge in [-0.25, -0.2) is 4.98 Å². The predicted octanol–water partition coefficient (Wildman–Crippen LogP) is 1.34. The van der Waals surface area contributed by atoms with Crippen molar-refractivity contribution in [3.63, 3.8) is 0 Å². The van der Waals surface area contributed by atoms with Crippen LogP contribution in [0.4, 0.5) is 17.2 Å².